The molecule has 0 saturated heterocycles. The van der Waals surface area contributed by atoms with Crippen molar-refractivity contribution < 1.29 is 1.37 Å². The number of hydrogen-bond donors (Lipinski definition) is 0. The van der Waals surface area contributed by atoms with Crippen LogP contribution in [0.1, 0.15) is 6.25 Å². The van der Waals surface area contributed by atoms with Gasteiger partial charge in [-0.05, 0) is 18.3 Å². The lowest BCUT2D eigenvalue weighted by Gasteiger charge is -1.65. The van der Waals surface area contributed by atoms with Crippen molar-refractivity contribution in [2.24, 2.45) is 0 Å². The first kappa shape index (κ1) is 2.80. The Hall–Kier alpha value is -0.300. The first-order valence-corrected chi connectivity index (χ1v) is 2.64. The molecule has 0 aromatic carbocycles. The highest BCUT2D eigenvalue weighted by Gasteiger charge is 1.74. The van der Waals surface area contributed by atoms with E-state index in [1.807, 2.05) is 13.0 Å². The number of aryl methyl sites for hydroxylation is 1. The summed E-state index contributed by atoms with van der Waals surface area (Å²) in [6, 6.07) is 3.76. The van der Waals surface area contributed by atoms with Crippen molar-refractivity contribution in [1.82, 2.24) is 0 Å². The van der Waals surface area contributed by atoms with E-state index in [0.29, 0.717) is 5.36 Å². The lowest BCUT2D eigenvalue weighted by Crippen LogP contribution is -1.42. The fourth-order valence-electron chi connectivity index (χ4n) is 0.312. The standard InChI is InChI=1S/C5H6S/c1-5-3-2-4-6-5/h2-4H,1H3/i4T. The van der Waals surface area contributed by atoms with Crippen molar-refractivity contribution in [2.75, 3.05) is 0 Å². The zero-order valence-corrected chi connectivity index (χ0v) is 4.38. The van der Waals surface area contributed by atoms with E-state index in [1.54, 1.807) is 6.07 Å². The van der Waals surface area contributed by atoms with E-state index in [9.17, 15) is 0 Å². The minimum atomic E-state index is 0.650. The summed E-state index contributed by atoms with van der Waals surface area (Å²) in [5, 5.41) is 0.650. The number of hydrogen-bond acceptors (Lipinski definition) is 1. The van der Waals surface area contributed by atoms with E-state index >= 15 is 0 Å². The van der Waals surface area contributed by atoms with Crippen LogP contribution in [0.25, 0.3) is 0 Å². The molecular formula is C5H6S. The van der Waals surface area contributed by atoms with E-state index in [1.165, 1.54) is 16.2 Å². The van der Waals surface area contributed by atoms with Gasteiger partial charge in [0.25, 0.3) is 0 Å². The van der Waals surface area contributed by atoms with Gasteiger partial charge in [0, 0.05) is 4.88 Å². The first-order chi connectivity index (χ1) is 3.29. The van der Waals surface area contributed by atoms with Gasteiger partial charge in [-0.15, -0.1) is 11.3 Å². The Kier molecular flexibility index (Phi) is 0.670. The second-order valence-corrected chi connectivity index (χ2v) is 2.25. The largest absolute Gasteiger partial charge is 0.149 e. The van der Waals surface area contributed by atoms with Crippen molar-refractivity contribution in [3.8, 4) is 0 Å². The smallest absolute Gasteiger partial charge is 0.0740 e. The summed E-state index contributed by atoms with van der Waals surface area (Å²) in [4.78, 5) is 1.21. The zero-order valence-electron chi connectivity index (χ0n) is 4.56. The van der Waals surface area contributed by atoms with Gasteiger partial charge in [0.1, 0.15) is 0 Å². The Labute approximate surface area is 42.8 Å². The SMILES string of the molecule is [3H]c1ccc(C)s1. The van der Waals surface area contributed by atoms with Gasteiger partial charge in [0.2, 0.25) is 0 Å². The molecule has 1 heteroatoms. The number of rotatable bonds is 0. The quantitative estimate of drug-likeness (QED) is 0.468. The van der Waals surface area contributed by atoms with Gasteiger partial charge in [0.05, 0.1) is 1.37 Å². The van der Waals surface area contributed by atoms with Gasteiger partial charge in [-0.25, -0.2) is 0 Å². The molecule has 1 rings (SSSR count). The average Bonchev–Trinajstić information content (AvgIpc) is 1.87. The molecule has 1 aromatic heterocycles. The summed E-state index contributed by atoms with van der Waals surface area (Å²) < 4.78 is 7.03. The van der Waals surface area contributed by atoms with Gasteiger partial charge in [0.15, 0.2) is 0 Å². The molecule has 0 atom stereocenters. The van der Waals surface area contributed by atoms with Crippen LogP contribution in [0.15, 0.2) is 17.5 Å². The molecule has 0 aliphatic rings. The van der Waals surface area contributed by atoms with E-state index in [0.717, 1.165) is 0 Å². The van der Waals surface area contributed by atoms with Crippen LogP contribution < -0.4 is 0 Å². The third-order valence-corrected chi connectivity index (χ3v) is 1.32. The van der Waals surface area contributed by atoms with E-state index in [2.05, 4.69) is 0 Å². The second-order valence-electron chi connectivity index (χ2n) is 1.16. The maximum Gasteiger partial charge on any atom is 0.0740 e. The third-order valence-electron chi connectivity index (χ3n) is 0.606. The molecule has 0 fully saturated rings. The van der Waals surface area contributed by atoms with Gasteiger partial charge in [-0.1, -0.05) is 6.07 Å². The molecule has 0 bridgehead atoms. The molecule has 0 radical (unpaired) electrons. The van der Waals surface area contributed by atoms with Crippen molar-refractivity contribution >= 4 is 11.3 Å². The monoisotopic (exact) mass is 100 g/mol. The first-order valence-electron chi connectivity index (χ1n) is 2.32. The summed E-state index contributed by atoms with van der Waals surface area (Å²) in [6.45, 7) is 2.00. The van der Waals surface area contributed by atoms with Gasteiger partial charge in [-0.2, -0.15) is 0 Å². The van der Waals surface area contributed by atoms with Crippen molar-refractivity contribution in [2.45, 2.75) is 6.92 Å². The van der Waals surface area contributed by atoms with E-state index in [4.69, 9.17) is 1.37 Å². The second kappa shape index (κ2) is 1.43. The van der Waals surface area contributed by atoms with Crippen molar-refractivity contribution in [3.63, 3.8) is 0 Å². The van der Waals surface area contributed by atoms with E-state index < -0.39 is 0 Å². The van der Waals surface area contributed by atoms with Crippen LogP contribution in [-0.4, -0.2) is 0 Å². The predicted octanol–water partition coefficient (Wildman–Crippen LogP) is 2.06. The predicted molar refractivity (Wildman–Crippen MR) is 29.1 cm³/mol. The maximum absolute atomic E-state index is 7.03. The minimum absolute atomic E-state index is 0.650. The van der Waals surface area contributed by atoms with Crippen LogP contribution in [0.4, 0.5) is 0 Å². The van der Waals surface area contributed by atoms with Crippen LogP contribution in [0.5, 0.6) is 0 Å². The van der Waals surface area contributed by atoms with Gasteiger partial charge < -0.3 is 0 Å². The Balaban J connectivity index is 3.04. The molecule has 0 nitrogen and oxygen atoms in total. The van der Waals surface area contributed by atoms with E-state index in [-0.39, 0.29) is 0 Å². The summed E-state index contributed by atoms with van der Waals surface area (Å²) >= 11 is 1.51. The lowest BCUT2D eigenvalue weighted by atomic mass is 10.5. The van der Waals surface area contributed by atoms with Gasteiger partial charge in [-0.3, -0.25) is 0 Å². The average molecular weight is 100 g/mol. The molecule has 0 amide bonds. The van der Waals surface area contributed by atoms with Crippen LogP contribution in [0, 0.1) is 6.92 Å². The molecule has 1 heterocycles. The Morgan fingerprint density at radius 3 is 3.00 bits per heavy atom. The summed E-state index contributed by atoms with van der Waals surface area (Å²) in [7, 11) is 0. The van der Waals surface area contributed by atoms with Crippen LogP contribution in [-0.2, 0) is 0 Å². The van der Waals surface area contributed by atoms with Crippen LogP contribution in [0.3, 0.4) is 0 Å². The zero-order chi connectivity index (χ0) is 5.28. The molecular weight excluding hydrogens is 92.1 g/mol. The fraction of sp³-hybridized carbons (Fsp3) is 0.200. The molecule has 0 unspecified atom stereocenters. The molecule has 0 aliphatic heterocycles. The summed E-state index contributed by atoms with van der Waals surface area (Å²) in [6.07, 6.45) is 0. The highest BCUT2D eigenvalue weighted by atomic mass is 32.1. The fourth-order valence-corrected chi connectivity index (χ4v) is 0.770. The van der Waals surface area contributed by atoms with Crippen molar-refractivity contribution in [1.29, 1.82) is 0 Å². The topological polar surface area (TPSA) is 0 Å². The highest BCUT2D eigenvalue weighted by Crippen LogP contribution is 2.03. The van der Waals surface area contributed by atoms with Crippen LogP contribution >= 0.6 is 11.3 Å². The van der Waals surface area contributed by atoms with Gasteiger partial charge >= 0.3 is 0 Å². The molecule has 32 valence electrons. The minimum Gasteiger partial charge on any atom is -0.149 e. The summed E-state index contributed by atoms with van der Waals surface area (Å²) in [5.41, 5.74) is 0. The molecule has 0 saturated carbocycles. The Bertz CT molecular complexity index is 140. The Morgan fingerprint density at radius 2 is 2.83 bits per heavy atom. The molecule has 0 N–H and O–H groups in total. The highest BCUT2D eigenvalue weighted by molar-refractivity contribution is 7.09. The normalized spacial score (nSPS) is 11.2. The molecule has 1 aromatic rings. The number of thiophene rings is 1. The molecule has 0 spiro atoms. The lowest BCUT2D eigenvalue weighted by molar-refractivity contribution is 1.64. The third kappa shape index (κ3) is 0.601. The molecule has 0 aliphatic carbocycles. The molecule has 6 heavy (non-hydrogen) atoms. The van der Waals surface area contributed by atoms with Crippen LogP contribution in [0.2, 0.25) is 0 Å². The summed E-state index contributed by atoms with van der Waals surface area (Å²) in [5.74, 6) is 0. The van der Waals surface area contributed by atoms with Crippen molar-refractivity contribution in [3.05, 3.63) is 22.4 Å². The maximum atomic E-state index is 7.03. The Morgan fingerprint density at radius 1 is 2.00 bits per heavy atom.